The van der Waals surface area contributed by atoms with Gasteiger partial charge in [-0.3, -0.25) is 9.89 Å². The minimum Gasteiger partial charge on any atom is -0.364 e. The van der Waals surface area contributed by atoms with Crippen molar-refractivity contribution in [1.29, 1.82) is 0 Å². The fraction of sp³-hybridized carbons (Fsp3) is 0.562. The van der Waals surface area contributed by atoms with E-state index in [1.165, 1.54) is 0 Å². The van der Waals surface area contributed by atoms with Crippen LogP contribution in [-0.4, -0.2) is 59.3 Å². The fourth-order valence-corrected chi connectivity index (χ4v) is 2.77. The minimum atomic E-state index is 0.596. The van der Waals surface area contributed by atoms with E-state index in [-0.39, 0.29) is 0 Å². The van der Waals surface area contributed by atoms with Crippen LogP contribution in [0.2, 0.25) is 0 Å². The van der Waals surface area contributed by atoms with Gasteiger partial charge in [-0.05, 0) is 6.42 Å². The summed E-state index contributed by atoms with van der Waals surface area (Å²) >= 11 is 0. The van der Waals surface area contributed by atoms with E-state index in [1.54, 1.807) is 6.26 Å². The van der Waals surface area contributed by atoms with Crippen molar-refractivity contribution in [2.75, 3.05) is 33.2 Å². The number of aromatic nitrogens is 2. The molecule has 0 spiro atoms. The second kappa shape index (κ2) is 7.96. The summed E-state index contributed by atoms with van der Waals surface area (Å²) < 4.78 is 10.2. The van der Waals surface area contributed by atoms with Crippen LogP contribution in [0.15, 0.2) is 32.4 Å². The Morgan fingerprint density at radius 1 is 1.25 bits per heavy atom. The standard InChI is InChI=1S/C16H24N6O2/c1-3-13-10-15(24-20-13)11-18-16(17-2)22-7-5-21(6-8-22)12-14-4-9-23-19-14/h4,9-10H,3,5-8,11-12H2,1-2H3,(H,17,18). The van der Waals surface area contributed by atoms with E-state index in [1.807, 2.05) is 19.2 Å². The first kappa shape index (κ1) is 16.5. The van der Waals surface area contributed by atoms with Crippen LogP contribution in [-0.2, 0) is 19.5 Å². The van der Waals surface area contributed by atoms with Crippen LogP contribution >= 0.6 is 0 Å². The van der Waals surface area contributed by atoms with Crippen molar-refractivity contribution < 1.29 is 9.05 Å². The lowest BCUT2D eigenvalue weighted by molar-refractivity contribution is 0.168. The molecule has 0 bridgehead atoms. The lowest BCUT2D eigenvalue weighted by atomic mass is 10.3. The molecule has 1 aliphatic rings. The first-order valence-corrected chi connectivity index (χ1v) is 8.30. The Balaban J connectivity index is 1.46. The summed E-state index contributed by atoms with van der Waals surface area (Å²) in [6.07, 6.45) is 2.50. The third-order valence-corrected chi connectivity index (χ3v) is 4.15. The minimum absolute atomic E-state index is 0.596. The Bertz CT molecular complexity index is 643. The van der Waals surface area contributed by atoms with Crippen LogP contribution < -0.4 is 5.32 Å². The highest BCUT2D eigenvalue weighted by Crippen LogP contribution is 2.08. The second-order valence-corrected chi connectivity index (χ2v) is 5.79. The van der Waals surface area contributed by atoms with Gasteiger partial charge in [0.1, 0.15) is 6.26 Å². The molecule has 1 fully saturated rings. The lowest BCUT2D eigenvalue weighted by Gasteiger charge is -2.36. The summed E-state index contributed by atoms with van der Waals surface area (Å²) in [5, 5.41) is 11.3. The number of hydrogen-bond acceptors (Lipinski definition) is 6. The predicted octanol–water partition coefficient (Wildman–Crippen LogP) is 1.12. The number of aryl methyl sites for hydroxylation is 1. The average Bonchev–Trinajstić information content (AvgIpc) is 3.28. The molecule has 0 radical (unpaired) electrons. The number of hydrogen-bond donors (Lipinski definition) is 1. The van der Waals surface area contributed by atoms with Crippen molar-refractivity contribution >= 4 is 5.96 Å². The largest absolute Gasteiger partial charge is 0.364 e. The Labute approximate surface area is 141 Å². The SMILES string of the molecule is CCc1cc(CNC(=NC)N2CCN(Cc3ccon3)CC2)on1. The molecule has 1 N–H and O–H groups in total. The number of guanidine groups is 1. The molecule has 0 amide bonds. The van der Waals surface area contributed by atoms with Crippen LogP contribution in [0.3, 0.4) is 0 Å². The fourth-order valence-electron chi connectivity index (χ4n) is 2.77. The highest BCUT2D eigenvalue weighted by atomic mass is 16.5. The number of nitrogens with one attached hydrogen (secondary N) is 1. The zero-order valence-electron chi connectivity index (χ0n) is 14.2. The van der Waals surface area contributed by atoms with Crippen LogP contribution in [0.1, 0.15) is 24.1 Å². The average molecular weight is 332 g/mol. The van der Waals surface area contributed by atoms with Crippen molar-refractivity contribution in [3.63, 3.8) is 0 Å². The van der Waals surface area contributed by atoms with Crippen LogP contribution in [0.4, 0.5) is 0 Å². The molecule has 0 saturated carbocycles. The molecule has 3 heterocycles. The first-order valence-electron chi connectivity index (χ1n) is 8.30. The first-order chi connectivity index (χ1) is 11.8. The van der Waals surface area contributed by atoms with Crippen LogP contribution in [0.5, 0.6) is 0 Å². The third kappa shape index (κ3) is 4.14. The molecule has 1 aliphatic heterocycles. The Morgan fingerprint density at radius 2 is 2.08 bits per heavy atom. The molecule has 8 nitrogen and oxygen atoms in total. The number of rotatable bonds is 5. The van der Waals surface area contributed by atoms with Gasteiger partial charge in [-0.2, -0.15) is 0 Å². The van der Waals surface area contributed by atoms with Crippen molar-refractivity contribution in [3.05, 3.63) is 35.5 Å². The normalized spacial score (nSPS) is 16.6. The summed E-state index contributed by atoms with van der Waals surface area (Å²) in [7, 11) is 1.81. The molecule has 0 unspecified atom stereocenters. The number of aliphatic imine (C=N–C) groups is 1. The van der Waals surface area contributed by atoms with Crippen molar-refractivity contribution in [1.82, 2.24) is 25.4 Å². The molecule has 0 aromatic carbocycles. The van der Waals surface area contributed by atoms with Gasteiger partial charge >= 0.3 is 0 Å². The lowest BCUT2D eigenvalue weighted by Crippen LogP contribution is -2.52. The Hall–Kier alpha value is -2.35. The van der Waals surface area contributed by atoms with Crippen molar-refractivity contribution in [3.8, 4) is 0 Å². The van der Waals surface area contributed by atoms with E-state index in [0.717, 1.165) is 62.3 Å². The highest BCUT2D eigenvalue weighted by molar-refractivity contribution is 5.79. The molecular formula is C16H24N6O2. The molecule has 130 valence electrons. The molecule has 1 saturated heterocycles. The van der Waals surface area contributed by atoms with Crippen molar-refractivity contribution in [2.45, 2.75) is 26.4 Å². The maximum atomic E-state index is 5.30. The van der Waals surface area contributed by atoms with Gasteiger partial charge in [-0.1, -0.05) is 17.2 Å². The summed E-state index contributed by atoms with van der Waals surface area (Å²) in [6.45, 7) is 7.27. The molecule has 24 heavy (non-hydrogen) atoms. The second-order valence-electron chi connectivity index (χ2n) is 5.79. The predicted molar refractivity (Wildman–Crippen MR) is 89.4 cm³/mol. The molecule has 3 rings (SSSR count). The summed E-state index contributed by atoms with van der Waals surface area (Å²) in [5.74, 6) is 1.73. The Morgan fingerprint density at radius 3 is 2.71 bits per heavy atom. The van der Waals surface area contributed by atoms with E-state index in [0.29, 0.717) is 6.54 Å². The van der Waals surface area contributed by atoms with E-state index in [4.69, 9.17) is 9.05 Å². The number of piperazine rings is 1. The number of nitrogens with zero attached hydrogens (tertiary/aromatic N) is 5. The van der Waals surface area contributed by atoms with E-state index < -0.39 is 0 Å². The molecule has 0 atom stereocenters. The molecule has 2 aromatic heterocycles. The molecule has 8 heteroatoms. The van der Waals surface area contributed by atoms with Gasteiger partial charge in [0.15, 0.2) is 11.7 Å². The van der Waals surface area contributed by atoms with Gasteiger partial charge in [0.2, 0.25) is 0 Å². The molecule has 2 aromatic rings. The van der Waals surface area contributed by atoms with Crippen LogP contribution in [0.25, 0.3) is 0 Å². The topological polar surface area (TPSA) is 82.9 Å². The van der Waals surface area contributed by atoms with Gasteiger partial charge in [-0.15, -0.1) is 0 Å². The zero-order valence-corrected chi connectivity index (χ0v) is 14.2. The van der Waals surface area contributed by atoms with Gasteiger partial charge in [-0.25, -0.2) is 0 Å². The molecule has 0 aliphatic carbocycles. The van der Waals surface area contributed by atoms with Crippen molar-refractivity contribution in [2.24, 2.45) is 4.99 Å². The van der Waals surface area contributed by atoms with Crippen LogP contribution in [0, 0.1) is 0 Å². The van der Waals surface area contributed by atoms with Gasteiger partial charge in [0.25, 0.3) is 0 Å². The third-order valence-electron chi connectivity index (χ3n) is 4.15. The van der Waals surface area contributed by atoms with Gasteiger partial charge in [0.05, 0.1) is 17.9 Å². The zero-order chi connectivity index (χ0) is 16.8. The van der Waals surface area contributed by atoms with Gasteiger partial charge < -0.3 is 19.3 Å². The van der Waals surface area contributed by atoms with E-state index in [9.17, 15) is 0 Å². The smallest absolute Gasteiger partial charge is 0.194 e. The highest BCUT2D eigenvalue weighted by Gasteiger charge is 2.20. The monoisotopic (exact) mass is 332 g/mol. The maximum Gasteiger partial charge on any atom is 0.194 e. The van der Waals surface area contributed by atoms with E-state index in [2.05, 4.69) is 37.3 Å². The molecular weight excluding hydrogens is 308 g/mol. The van der Waals surface area contributed by atoms with Gasteiger partial charge in [0, 0.05) is 51.9 Å². The Kier molecular flexibility index (Phi) is 5.47. The van der Waals surface area contributed by atoms with E-state index >= 15 is 0 Å². The summed E-state index contributed by atoms with van der Waals surface area (Å²) in [5.41, 5.74) is 1.95. The summed E-state index contributed by atoms with van der Waals surface area (Å²) in [4.78, 5) is 9.01. The summed E-state index contributed by atoms with van der Waals surface area (Å²) in [6, 6.07) is 3.89. The maximum absolute atomic E-state index is 5.30. The quantitative estimate of drug-likeness (QED) is 0.649.